The zero-order valence-electron chi connectivity index (χ0n) is 27.2. The number of sulfonamides is 1. The van der Waals surface area contributed by atoms with E-state index in [9.17, 15) is 22.4 Å². The molecule has 0 saturated heterocycles. The normalized spacial score (nSPS) is 12.0. The van der Waals surface area contributed by atoms with Crippen LogP contribution in [0.15, 0.2) is 108 Å². The van der Waals surface area contributed by atoms with Crippen LogP contribution in [0.2, 0.25) is 0 Å². The van der Waals surface area contributed by atoms with Crippen molar-refractivity contribution < 1.29 is 27.1 Å². The third-order valence-corrected chi connectivity index (χ3v) is 9.30. The van der Waals surface area contributed by atoms with Gasteiger partial charge >= 0.3 is 0 Å². The standard InChI is InChI=1S/C37H42FN3O5S/c1-5-46-33-18-16-32(17-19-33)41(47(44,45)34-20-14-31(38)15-21-34)26-36(42)40(25-30-13-9-10-28(4)22-30)35(37(43)39-24-27(2)3)23-29-11-7-6-8-12-29/h6-22,27,35H,5,23-26H2,1-4H3,(H,39,43). The number of rotatable bonds is 15. The van der Waals surface area contributed by atoms with E-state index in [0.29, 0.717) is 18.9 Å². The molecule has 4 aromatic rings. The topological polar surface area (TPSA) is 96.0 Å². The van der Waals surface area contributed by atoms with Crippen molar-refractivity contribution in [3.63, 3.8) is 0 Å². The van der Waals surface area contributed by atoms with Gasteiger partial charge in [0, 0.05) is 19.5 Å². The van der Waals surface area contributed by atoms with Gasteiger partial charge in [-0.05, 0) is 79.4 Å². The first-order chi connectivity index (χ1) is 22.5. The summed E-state index contributed by atoms with van der Waals surface area (Å²) < 4.78 is 48.6. The third-order valence-electron chi connectivity index (χ3n) is 7.51. The molecule has 0 aliphatic carbocycles. The van der Waals surface area contributed by atoms with Gasteiger partial charge in [-0.3, -0.25) is 13.9 Å². The Kier molecular flexibility index (Phi) is 12.1. The third kappa shape index (κ3) is 9.65. The van der Waals surface area contributed by atoms with Crippen molar-refractivity contribution in [2.45, 2.75) is 51.6 Å². The molecule has 47 heavy (non-hydrogen) atoms. The summed E-state index contributed by atoms with van der Waals surface area (Å²) in [4.78, 5) is 29.7. The van der Waals surface area contributed by atoms with Crippen molar-refractivity contribution in [1.82, 2.24) is 10.2 Å². The molecule has 10 heteroatoms. The number of nitrogens with one attached hydrogen (secondary N) is 1. The Labute approximate surface area is 277 Å². The number of anilines is 1. The summed E-state index contributed by atoms with van der Waals surface area (Å²) in [5.41, 5.74) is 2.84. The molecular formula is C37H42FN3O5S. The number of ether oxygens (including phenoxy) is 1. The Morgan fingerprint density at radius 1 is 0.872 bits per heavy atom. The molecule has 0 aromatic heterocycles. The van der Waals surface area contributed by atoms with E-state index >= 15 is 0 Å². The van der Waals surface area contributed by atoms with Gasteiger partial charge in [-0.1, -0.05) is 74.0 Å². The van der Waals surface area contributed by atoms with Crippen molar-refractivity contribution in [2.24, 2.45) is 5.92 Å². The first-order valence-corrected chi connectivity index (χ1v) is 17.1. The lowest BCUT2D eigenvalue weighted by Crippen LogP contribution is -2.53. The molecule has 0 bridgehead atoms. The van der Waals surface area contributed by atoms with Gasteiger partial charge in [-0.15, -0.1) is 0 Å². The van der Waals surface area contributed by atoms with E-state index in [1.165, 1.54) is 17.0 Å². The van der Waals surface area contributed by atoms with E-state index in [0.717, 1.165) is 33.1 Å². The van der Waals surface area contributed by atoms with Gasteiger partial charge in [0.15, 0.2) is 0 Å². The first-order valence-electron chi connectivity index (χ1n) is 15.7. The largest absolute Gasteiger partial charge is 0.494 e. The highest BCUT2D eigenvalue weighted by Gasteiger charge is 2.34. The zero-order chi connectivity index (χ0) is 34.0. The minimum absolute atomic E-state index is 0.0703. The van der Waals surface area contributed by atoms with Gasteiger partial charge in [0.05, 0.1) is 17.2 Å². The second-order valence-corrected chi connectivity index (χ2v) is 13.6. The molecule has 0 saturated carbocycles. The Balaban J connectivity index is 1.80. The summed E-state index contributed by atoms with van der Waals surface area (Å²) in [7, 11) is -4.35. The van der Waals surface area contributed by atoms with Crippen LogP contribution in [0.5, 0.6) is 5.75 Å². The van der Waals surface area contributed by atoms with Gasteiger partial charge in [-0.2, -0.15) is 0 Å². The maximum Gasteiger partial charge on any atom is 0.264 e. The van der Waals surface area contributed by atoms with Crippen LogP contribution in [-0.4, -0.2) is 50.9 Å². The average molecular weight is 660 g/mol. The molecule has 0 aliphatic rings. The highest BCUT2D eigenvalue weighted by Crippen LogP contribution is 2.27. The van der Waals surface area contributed by atoms with Gasteiger partial charge in [-0.25, -0.2) is 12.8 Å². The molecule has 0 radical (unpaired) electrons. The van der Waals surface area contributed by atoms with Crippen LogP contribution in [-0.2, 0) is 32.6 Å². The zero-order valence-corrected chi connectivity index (χ0v) is 28.0. The fourth-order valence-electron chi connectivity index (χ4n) is 5.12. The van der Waals surface area contributed by atoms with Crippen LogP contribution in [0.1, 0.15) is 37.5 Å². The van der Waals surface area contributed by atoms with Crippen LogP contribution in [0, 0.1) is 18.7 Å². The van der Waals surface area contributed by atoms with Crippen molar-refractivity contribution in [2.75, 3.05) is 24.0 Å². The van der Waals surface area contributed by atoms with Crippen LogP contribution in [0.4, 0.5) is 10.1 Å². The fraction of sp³-hybridized carbons (Fsp3) is 0.297. The second kappa shape index (κ2) is 16.2. The van der Waals surface area contributed by atoms with Crippen molar-refractivity contribution in [3.05, 3.63) is 126 Å². The number of hydrogen-bond acceptors (Lipinski definition) is 5. The average Bonchev–Trinajstić information content (AvgIpc) is 3.05. The van der Waals surface area contributed by atoms with Crippen molar-refractivity contribution in [1.29, 1.82) is 0 Å². The maximum absolute atomic E-state index is 14.5. The quantitative estimate of drug-likeness (QED) is 0.166. The highest BCUT2D eigenvalue weighted by atomic mass is 32.2. The van der Waals surface area contributed by atoms with E-state index in [1.807, 2.05) is 82.3 Å². The smallest absolute Gasteiger partial charge is 0.264 e. The molecule has 0 fully saturated rings. The molecule has 8 nitrogen and oxygen atoms in total. The molecule has 4 aromatic carbocycles. The number of carbonyl (C=O) groups is 2. The predicted molar refractivity (Wildman–Crippen MR) is 182 cm³/mol. The summed E-state index contributed by atoms with van der Waals surface area (Å²) in [5.74, 6) is -0.793. The SMILES string of the molecule is CCOc1ccc(N(CC(=O)N(Cc2cccc(C)c2)C(Cc2ccccc2)C(=O)NCC(C)C)S(=O)(=O)c2ccc(F)cc2)cc1. The minimum Gasteiger partial charge on any atom is -0.494 e. The molecule has 2 amide bonds. The Hall–Kier alpha value is -4.70. The molecular weight excluding hydrogens is 617 g/mol. The van der Waals surface area contributed by atoms with E-state index in [-0.39, 0.29) is 35.4 Å². The number of carbonyl (C=O) groups excluding carboxylic acids is 2. The maximum atomic E-state index is 14.5. The lowest BCUT2D eigenvalue weighted by molar-refractivity contribution is -0.140. The summed E-state index contributed by atoms with van der Waals surface area (Å²) in [6, 6.07) is 26.9. The lowest BCUT2D eigenvalue weighted by Gasteiger charge is -2.34. The summed E-state index contributed by atoms with van der Waals surface area (Å²) in [5, 5.41) is 2.99. The van der Waals surface area contributed by atoms with Gasteiger partial charge < -0.3 is 15.0 Å². The predicted octanol–water partition coefficient (Wildman–Crippen LogP) is 6.14. The van der Waals surface area contributed by atoms with Gasteiger partial charge in [0.2, 0.25) is 11.8 Å². The Morgan fingerprint density at radius 3 is 2.15 bits per heavy atom. The molecule has 1 atom stereocenters. The molecule has 248 valence electrons. The van der Waals surface area contributed by atoms with E-state index in [2.05, 4.69) is 5.32 Å². The summed E-state index contributed by atoms with van der Waals surface area (Å²) in [6.07, 6.45) is 0.218. The van der Waals surface area contributed by atoms with E-state index in [1.54, 1.807) is 24.3 Å². The summed E-state index contributed by atoms with van der Waals surface area (Å²) in [6.45, 7) is 8.04. The molecule has 1 unspecified atom stereocenters. The number of benzene rings is 4. The van der Waals surface area contributed by atoms with Crippen LogP contribution in [0.3, 0.4) is 0 Å². The highest BCUT2D eigenvalue weighted by molar-refractivity contribution is 7.92. The number of hydrogen-bond donors (Lipinski definition) is 1. The number of aryl methyl sites for hydroxylation is 1. The van der Waals surface area contributed by atoms with E-state index < -0.39 is 34.3 Å². The monoisotopic (exact) mass is 659 g/mol. The molecule has 1 N–H and O–H groups in total. The molecule has 0 aliphatic heterocycles. The lowest BCUT2D eigenvalue weighted by atomic mass is 10.0. The van der Waals surface area contributed by atoms with Gasteiger partial charge in [0.1, 0.15) is 24.2 Å². The number of halogens is 1. The van der Waals surface area contributed by atoms with Crippen LogP contribution < -0.4 is 14.4 Å². The van der Waals surface area contributed by atoms with Gasteiger partial charge in [0.25, 0.3) is 10.0 Å². The molecule has 0 heterocycles. The number of amides is 2. The Morgan fingerprint density at radius 2 is 1.53 bits per heavy atom. The number of nitrogens with zero attached hydrogens (tertiary/aromatic N) is 2. The van der Waals surface area contributed by atoms with Crippen LogP contribution in [0.25, 0.3) is 0 Å². The minimum atomic E-state index is -4.35. The summed E-state index contributed by atoms with van der Waals surface area (Å²) >= 11 is 0. The Bertz CT molecular complexity index is 1730. The second-order valence-electron chi connectivity index (χ2n) is 11.7. The fourth-order valence-corrected chi connectivity index (χ4v) is 6.54. The van der Waals surface area contributed by atoms with Crippen LogP contribution >= 0.6 is 0 Å². The first kappa shape index (κ1) is 35.2. The van der Waals surface area contributed by atoms with Crippen molar-refractivity contribution in [3.8, 4) is 5.75 Å². The molecule has 0 spiro atoms. The molecule has 4 rings (SSSR count). The van der Waals surface area contributed by atoms with E-state index in [4.69, 9.17) is 4.74 Å². The van der Waals surface area contributed by atoms with Crippen molar-refractivity contribution >= 4 is 27.5 Å².